The van der Waals surface area contributed by atoms with Crippen LogP contribution < -0.4 is 15.5 Å². The summed E-state index contributed by atoms with van der Waals surface area (Å²) < 4.78 is 59.3. The highest BCUT2D eigenvalue weighted by Gasteiger charge is 2.55. The molecule has 2 saturated heterocycles. The lowest BCUT2D eigenvalue weighted by Crippen LogP contribution is -2.65. The molecule has 56 heavy (non-hydrogen) atoms. The van der Waals surface area contributed by atoms with Gasteiger partial charge in [0.1, 0.15) is 17.1 Å². The molecule has 1 saturated carbocycles. The normalized spacial score (nSPS) is 23.4. The van der Waals surface area contributed by atoms with Crippen molar-refractivity contribution in [2.45, 2.75) is 89.1 Å². The fourth-order valence-electron chi connectivity index (χ4n) is 8.51. The zero-order valence-electron chi connectivity index (χ0n) is 32.3. The number of ether oxygens (including phenoxy) is 2. The molecule has 2 unspecified atom stereocenters. The molecule has 1 aliphatic carbocycles. The Balaban J connectivity index is 0.982. The molecule has 16 heteroatoms. The summed E-state index contributed by atoms with van der Waals surface area (Å²) in [5.74, 6) is -4.17. The molecule has 0 radical (unpaired) electrons. The number of alkyl halides is 2. The minimum atomic E-state index is -3.08. The summed E-state index contributed by atoms with van der Waals surface area (Å²) in [5.41, 5.74) is 4.00. The summed E-state index contributed by atoms with van der Waals surface area (Å²) in [6.45, 7) is 5.65. The number of methoxy groups -OCH3 is 1. The molecule has 0 spiro atoms. The molecule has 298 valence electrons. The van der Waals surface area contributed by atoms with Gasteiger partial charge in [-0.3, -0.25) is 14.7 Å². The monoisotopic (exact) mass is 775 g/mol. The van der Waals surface area contributed by atoms with E-state index in [2.05, 4.69) is 20.6 Å². The number of carbonyl (C=O) groups is 2. The van der Waals surface area contributed by atoms with Crippen LogP contribution in [0.4, 0.5) is 35.2 Å². The first-order valence-electron chi connectivity index (χ1n) is 19.3. The van der Waals surface area contributed by atoms with E-state index in [1.54, 1.807) is 45.6 Å². The molecule has 3 aromatic heterocycles. The number of carbonyl (C=O) groups excluding carboxylic acids is 2. The average molecular weight is 776 g/mol. The molecule has 6 heterocycles. The van der Waals surface area contributed by atoms with E-state index in [4.69, 9.17) is 14.6 Å². The van der Waals surface area contributed by atoms with Gasteiger partial charge in [-0.15, -0.1) is 5.10 Å². The summed E-state index contributed by atoms with van der Waals surface area (Å²) in [7, 11) is 3.43. The predicted octanol–water partition coefficient (Wildman–Crippen LogP) is 6.04. The topological polar surface area (TPSA) is 129 Å². The van der Waals surface area contributed by atoms with Crippen molar-refractivity contribution in [2.24, 2.45) is 5.92 Å². The van der Waals surface area contributed by atoms with Crippen LogP contribution in [0.15, 0.2) is 42.7 Å². The first kappa shape index (κ1) is 37.9. The summed E-state index contributed by atoms with van der Waals surface area (Å²) in [4.78, 5) is 40.1. The minimum absolute atomic E-state index is 0.0164. The van der Waals surface area contributed by atoms with E-state index < -0.39 is 35.9 Å². The molecular formula is C40H48F3N9O4. The maximum Gasteiger partial charge on any atom is 0.410 e. The van der Waals surface area contributed by atoms with Gasteiger partial charge in [0.15, 0.2) is 17.2 Å². The van der Waals surface area contributed by atoms with Gasteiger partial charge in [0.25, 0.3) is 11.8 Å². The summed E-state index contributed by atoms with van der Waals surface area (Å²) in [6.07, 6.45) is 5.80. The molecule has 2 amide bonds. The Bertz CT molecular complexity index is 2150. The third kappa shape index (κ3) is 7.01. The van der Waals surface area contributed by atoms with Gasteiger partial charge >= 0.3 is 6.09 Å². The Morgan fingerprint density at radius 1 is 1.07 bits per heavy atom. The highest BCUT2D eigenvalue weighted by atomic mass is 19.3. The van der Waals surface area contributed by atoms with E-state index in [0.29, 0.717) is 66.3 Å². The van der Waals surface area contributed by atoms with Crippen molar-refractivity contribution in [1.82, 2.24) is 34.7 Å². The predicted molar refractivity (Wildman–Crippen MR) is 204 cm³/mol. The van der Waals surface area contributed by atoms with Crippen LogP contribution in [-0.4, -0.2) is 111 Å². The molecule has 4 aromatic rings. The van der Waals surface area contributed by atoms with Gasteiger partial charge in [0.2, 0.25) is 0 Å². The quantitative estimate of drug-likeness (QED) is 0.219. The Morgan fingerprint density at radius 2 is 1.89 bits per heavy atom. The van der Waals surface area contributed by atoms with E-state index in [1.165, 1.54) is 12.3 Å². The third-order valence-electron chi connectivity index (χ3n) is 11.5. The van der Waals surface area contributed by atoms with Gasteiger partial charge in [-0.1, -0.05) is 12.1 Å². The highest BCUT2D eigenvalue weighted by molar-refractivity contribution is 5.94. The van der Waals surface area contributed by atoms with Gasteiger partial charge in [-0.25, -0.2) is 27.5 Å². The van der Waals surface area contributed by atoms with E-state index >= 15 is 13.2 Å². The summed E-state index contributed by atoms with van der Waals surface area (Å²) >= 11 is 0. The van der Waals surface area contributed by atoms with Crippen LogP contribution in [0, 0.1) is 11.7 Å². The Kier molecular flexibility index (Phi) is 9.84. The third-order valence-corrected chi connectivity index (χ3v) is 11.5. The number of nitrogens with zero attached hydrogens (tertiary/aromatic N) is 7. The number of pyridine rings is 1. The van der Waals surface area contributed by atoms with E-state index in [0.717, 1.165) is 29.0 Å². The van der Waals surface area contributed by atoms with E-state index in [9.17, 15) is 9.59 Å². The maximum absolute atomic E-state index is 16.0. The summed E-state index contributed by atoms with van der Waals surface area (Å²) in [6, 6.07) is 8.56. The number of likely N-dealkylation sites (tertiary alicyclic amines) is 2. The van der Waals surface area contributed by atoms with E-state index in [-0.39, 0.29) is 42.9 Å². The number of rotatable bonds is 8. The van der Waals surface area contributed by atoms with Gasteiger partial charge in [0.05, 0.1) is 36.5 Å². The molecule has 4 atom stereocenters. The summed E-state index contributed by atoms with van der Waals surface area (Å²) in [5, 5.41) is 11.1. The second kappa shape index (κ2) is 14.5. The van der Waals surface area contributed by atoms with Gasteiger partial charge in [-0.2, -0.15) is 0 Å². The van der Waals surface area contributed by atoms with Crippen molar-refractivity contribution in [3.05, 3.63) is 65.4 Å². The largest absolute Gasteiger partial charge is 0.444 e. The van der Waals surface area contributed by atoms with Crippen LogP contribution in [0.1, 0.15) is 68.1 Å². The van der Waals surface area contributed by atoms with Crippen LogP contribution in [-0.2, 0) is 22.4 Å². The van der Waals surface area contributed by atoms with Crippen molar-refractivity contribution < 1.29 is 32.2 Å². The average Bonchev–Trinajstić information content (AvgIpc) is 3.76. The number of hydrogen-bond acceptors (Lipinski definition) is 10. The number of hydrogen-bond donors (Lipinski definition) is 2. The molecule has 8 rings (SSSR count). The van der Waals surface area contributed by atoms with Crippen LogP contribution >= 0.6 is 0 Å². The number of nitrogens with one attached hydrogen (secondary N) is 2. The van der Waals surface area contributed by atoms with Gasteiger partial charge in [-0.05, 0) is 76.1 Å². The number of imidazole rings is 1. The smallest absolute Gasteiger partial charge is 0.410 e. The van der Waals surface area contributed by atoms with Crippen LogP contribution in [0.3, 0.4) is 0 Å². The van der Waals surface area contributed by atoms with Crippen molar-refractivity contribution in [2.75, 3.05) is 50.6 Å². The fourth-order valence-corrected chi connectivity index (χ4v) is 8.51. The number of benzene rings is 1. The molecule has 3 aliphatic heterocycles. The van der Waals surface area contributed by atoms with E-state index in [1.807, 2.05) is 34.1 Å². The first-order valence-corrected chi connectivity index (χ1v) is 19.3. The number of halogens is 3. The number of anilines is 3. The highest BCUT2D eigenvalue weighted by Crippen LogP contribution is 2.44. The Labute approximate surface area is 323 Å². The molecular weight excluding hydrogens is 727 g/mol. The molecule has 3 fully saturated rings. The van der Waals surface area contributed by atoms with Crippen molar-refractivity contribution in [3.8, 4) is 11.3 Å². The van der Waals surface area contributed by atoms with Crippen LogP contribution in [0.2, 0.25) is 0 Å². The zero-order valence-corrected chi connectivity index (χ0v) is 32.3. The lowest BCUT2D eigenvalue weighted by atomic mass is 9.79. The molecule has 13 nitrogen and oxygen atoms in total. The van der Waals surface area contributed by atoms with Crippen molar-refractivity contribution in [1.29, 1.82) is 0 Å². The first-order chi connectivity index (χ1) is 26.7. The molecule has 4 aliphatic rings. The van der Waals surface area contributed by atoms with Gasteiger partial charge in [0, 0.05) is 69.9 Å². The number of aromatic nitrogens is 4. The maximum atomic E-state index is 16.0. The Hall–Kier alpha value is -4.96. The molecule has 1 aromatic carbocycles. The fraction of sp³-hybridized carbons (Fsp3) is 0.525. The molecule has 2 N–H and O–H groups in total. The lowest BCUT2D eigenvalue weighted by Gasteiger charge is -2.53. The SMILES string of the molecule is CNc1cc(N2CCc3c(-c4ncc(CN5CC6C5CCCN(C(=O)OC(C)(C)C)CC6(F)F)cc4F)cccc32)nn2c(C(=O)N[C@@H]3CC[C@H]3OC)cnc12. The van der Waals surface area contributed by atoms with Gasteiger partial charge < -0.3 is 29.9 Å². The number of amides is 2. The second-order valence-corrected chi connectivity index (χ2v) is 16.3. The minimum Gasteiger partial charge on any atom is -0.444 e. The van der Waals surface area contributed by atoms with Crippen LogP contribution in [0.25, 0.3) is 16.9 Å². The van der Waals surface area contributed by atoms with Crippen molar-refractivity contribution >= 4 is 34.8 Å². The van der Waals surface area contributed by atoms with Crippen molar-refractivity contribution in [3.63, 3.8) is 0 Å². The Morgan fingerprint density at radius 3 is 2.61 bits per heavy atom. The standard InChI is InChI=1S/C40H48F3N9O4/c1-39(2,3)56-38(54)49-14-7-10-31-26(40(42,43)22-49)21-50(31)20-23-16-27(41)35(45-18-23)25-8-6-9-30-24(25)13-15-51(30)34-17-29(44-4)36-46-19-32(52(36)48-34)37(53)47-28-11-12-33(28)55-5/h6,8-9,16-19,26,28,31,33,44H,7,10-15,20-22H2,1-5H3,(H,47,53)/t26?,28-,31?,33-/m1/s1. The zero-order chi connectivity index (χ0) is 39.5. The lowest BCUT2D eigenvalue weighted by molar-refractivity contribution is -0.172. The molecule has 0 bridgehead atoms. The second-order valence-electron chi connectivity index (χ2n) is 16.3. The number of fused-ring (bicyclic) bond motifs is 3. The van der Waals surface area contributed by atoms with Crippen LogP contribution in [0.5, 0.6) is 0 Å².